The molecule has 1 unspecified atom stereocenters. The molecule has 4 heteroatoms. The van der Waals surface area contributed by atoms with Crippen molar-refractivity contribution in [2.45, 2.75) is 26.0 Å². The summed E-state index contributed by atoms with van der Waals surface area (Å²) in [6.45, 7) is 3.65. The molecule has 1 rings (SSSR count). The van der Waals surface area contributed by atoms with E-state index in [4.69, 9.17) is 15.2 Å². The van der Waals surface area contributed by atoms with Gasteiger partial charge in [-0.1, -0.05) is 25.1 Å². The molecule has 0 radical (unpaired) electrons. The molecule has 0 aromatic heterocycles. The van der Waals surface area contributed by atoms with E-state index in [9.17, 15) is 5.11 Å². The first-order chi connectivity index (χ1) is 8.27. The van der Waals surface area contributed by atoms with Crippen molar-refractivity contribution in [2.24, 2.45) is 5.73 Å². The Hall–Kier alpha value is -1.10. The summed E-state index contributed by atoms with van der Waals surface area (Å²) in [6.07, 6.45) is 0.344. The van der Waals surface area contributed by atoms with Crippen molar-refractivity contribution < 1.29 is 14.6 Å². The second-order valence-electron chi connectivity index (χ2n) is 3.85. The number of nitrogens with two attached hydrogens (primary N) is 1. The first-order valence-corrected chi connectivity index (χ1v) is 5.94. The summed E-state index contributed by atoms with van der Waals surface area (Å²) in [5, 5.41) is 9.62. The quantitative estimate of drug-likeness (QED) is 0.671. The molecular formula is C13H21NO3. The Morgan fingerprint density at radius 3 is 2.76 bits per heavy atom. The molecule has 0 aliphatic rings. The van der Waals surface area contributed by atoms with Crippen molar-refractivity contribution in [2.75, 3.05) is 19.8 Å². The highest BCUT2D eigenvalue weighted by Crippen LogP contribution is 2.17. The molecule has 0 amide bonds. The highest BCUT2D eigenvalue weighted by Gasteiger charge is 2.07. The SMILES string of the molecule is CCCOCC(O)COc1ccccc1CN. The predicted octanol–water partition coefficient (Wildman–Crippen LogP) is 1.31. The smallest absolute Gasteiger partial charge is 0.123 e. The van der Waals surface area contributed by atoms with Gasteiger partial charge in [0.25, 0.3) is 0 Å². The van der Waals surface area contributed by atoms with Crippen LogP contribution in [0, 0.1) is 0 Å². The molecule has 96 valence electrons. The number of hydrogen-bond acceptors (Lipinski definition) is 4. The van der Waals surface area contributed by atoms with Gasteiger partial charge in [0.15, 0.2) is 0 Å². The van der Waals surface area contributed by atoms with Crippen LogP contribution >= 0.6 is 0 Å². The van der Waals surface area contributed by atoms with Crippen molar-refractivity contribution in [3.63, 3.8) is 0 Å². The third-order valence-corrected chi connectivity index (χ3v) is 2.28. The van der Waals surface area contributed by atoms with Gasteiger partial charge < -0.3 is 20.3 Å². The van der Waals surface area contributed by atoms with Crippen LogP contribution in [-0.4, -0.2) is 31.0 Å². The highest BCUT2D eigenvalue weighted by atomic mass is 16.5. The van der Waals surface area contributed by atoms with E-state index >= 15 is 0 Å². The van der Waals surface area contributed by atoms with Gasteiger partial charge in [0.05, 0.1) is 6.61 Å². The van der Waals surface area contributed by atoms with Crippen LogP contribution in [0.15, 0.2) is 24.3 Å². The second kappa shape index (κ2) is 8.06. The maximum absolute atomic E-state index is 9.62. The summed E-state index contributed by atoms with van der Waals surface area (Å²) in [5.41, 5.74) is 6.53. The lowest BCUT2D eigenvalue weighted by atomic mass is 10.2. The summed E-state index contributed by atoms with van der Waals surface area (Å²) in [6, 6.07) is 7.56. The van der Waals surface area contributed by atoms with E-state index < -0.39 is 6.10 Å². The van der Waals surface area contributed by atoms with Crippen molar-refractivity contribution >= 4 is 0 Å². The maximum Gasteiger partial charge on any atom is 0.123 e. The van der Waals surface area contributed by atoms with Crippen molar-refractivity contribution in [3.8, 4) is 5.75 Å². The highest BCUT2D eigenvalue weighted by molar-refractivity contribution is 5.32. The Balaban J connectivity index is 2.33. The molecule has 0 bridgehead atoms. The van der Waals surface area contributed by atoms with Crippen LogP contribution in [0.5, 0.6) is 5.75 Å². The first-order valence-electron chi connectivity index (χ1n) is 5.94. The average molecular weight is 239 g/mol. The maximum atomic E-state index is 9.62. The molecule has 0 aliphatic carbocycles. The van der Waals surface area contributed by atoms with Gasteiger partial charge in [-0.25, -0.2) is 0 Å². The van der Waals surface area contributed by atoms with Gasteiger partial charge in [-0.15, -0.1) is 0 Å². The van der Waals surface area contributed by atoms with Gasteiger partial charge >= 0.3 is 0 Å². The largest absolute Gasteiger partial charge is 0.490 e. The predicted molar refractivity (Wildman–Crippen MR) is 66.9 cm³/mol. The second-order valence-corrected chi connectivity index (χ2v) is 3.85. The summed E-state index contributed by atoms with van der Waals surface area (Å²) >= 11 is 0. The number of hydrogen-bond donors (Lipinski definition) is 2. The molecule has 17 heavy (non-hydrogen) atoms. The van der Waals surface area contributed by atoms with Crippen LogP contribution in [-0.2, 0) is 11.3 Å². The van der Waals surface area contributed by atoms with E-state index in [1.807, 2.05) is 31.2 Å². The normalized spacial score (nSPS) is 12.4. The van der Waals surface area contributed by atoms with E-state index in [1.54, 1.807) is 0 Å². The van der Waals surface area contributed by atoms with Crippen LogP contribution in [0.1, 0.15) is 18.9 Å². The lowest BCUT2D eigenvalue weighted by Crippen LogP contribution is -2.24. The number of para-hydroxylation sites is 1. The molecule has 0 saturated heterocycles. The number of benzene rings is 1. The Bertz CT molecular complexity index is 317. The van der Waals surface area contributed by atoms with E-state index in [0.29, 0.717) is 19.8 Å². The molecule has 1 aromatic carbocycles. The molecule has 0 heterocycles. The van der Waals surface area contributed by atoms with Gasteiger partial charge in [-0.2, -0.15) is 0 Å². The fourth-order valence-electron chi connectivity index (χ4n) is 1.41. The molecular weight excluding hydrogens is 218 g/mol. The average Bonchev–Trinajstić information content (AvgIpc) is 2.37. The molecule has 4 nitrogen and oxygen atoms in total. The van der Waals surface area contributed by atoms with Gasteiger partial charge in [0, 0.05) is 18.7 Å². The third-order valence-electron chi connectivity index (χ3n) is 2.28. The third kappa shape index (κ3) is 5.17. The van der Waals surface area contributed by atoms with Crippen molar-refractivity contribution in [1.29, 1.82) is 0 Å². The van der Waals surface area contributed by atoms with Gasteiger partial charge in [0.2, 0.25) is 0 Å². The Labute approximate surface area is 102 Å². The van der Waals surface area contributed by atoms with Gasteiger partial charge in [-0.05, 0) is 12.5 Å². The first kappa shape index (κ1) is 14.0. The van der Waals surface area contributed by atoms with Crippen molar-refractivity contribution in [1.82, 2.24) is 0 Å². The van der Waals surface area contributed by atoms with Crippen LogP contribution in [0.2, 0.25) is 0 Å². The molecule has 1 atom stereocenters. The minimum Gasteiger partial charge on any atom is -0.490 e. The number of rotatable bonds is 8. The van der Waals surface area contributed by atoms with Crippen LogP contribution in [0.3, 0.4) is 0 Å². The monoisotopic (exact) mass is 239 g/mol. The van der Waals surface area contributed by atoms with Crippen LogP contribution in [0.25, 0.3) is 0 Å². The minimum absolute atomic E-state index is 0.223. The minimum atomic E-state index is -0.604. The lowest BCUT2D eigenvalue weighted by Gasteiger charge is -2.14. The molecule has 0 aliphatic heterocycles. The van der Waals surface area contributed by atoms with E-state index in [-0.39, 0.29) is 6.61 Å². The zero-order valence-corrected chi connectivity index (χ0v) is 10.3. The fraction of sp³-hybridized carbons (Fsp3) is 0.538. The number of ether oxygens (including phenoxy) is 2. The van der Waals surface area contributed by atoms with Crippen LogP contribution < -0.4 is 10.5 Å². The number of aliphatic hydroxyl groups excluding tert-OH is 1. The topological polar surface area (TPSA) is 64.7 Å². The Morgan fingerprint density at radius 1 is 1.29 bits per heavy atom. The molecule has 1 aromatic rings. The molecule has 0 spiro atoms. The summed E-state index contributed by atoms with van der Waals surface area (Å²) in [7, 11) is 0. The standard InChI is InChI=1S/C13H21NO3/c1-2-7-16-9-12(15)10-17-13-6-4-3-5-11(13)8-14/h3-6,12,15H,2,7-10,14H2,1H3. The zero-order valence-electron chi connectivity index (χ0n) is 10.3. The summed E-state index contributed by atoms with van der Waals surface area (Å²) in [4.78, 5) is 0. The summed E-state index contributed by atoms with van der Waals surface area (Å²) in [5.74, 6) is 0.726. The van der Waals surface area contributed by atoms with Gasteiger partial charge in [0.1, 0.15) is 18.5 Å². The van der Waals surface area contributed by atoms with E-state index in [1.165, 1.54) is 0 Å². The van der Waals surface area contributed by atoms with E-state index in [0.717, 1.165) is 17.7 Å². The van der Waals surface area contributed by atoms with Crippen molar-refractivity contribution in [3.05, 3.63) is 29.8 Å². The Morgan fingerprint density at radius 2 is 2.06 bits per heavy atom. The lowest BCUT2D eigenvalue weighted by molar-refractivity contribution is 0.0122. The summed E-state index contributed by atoms with van der Waals surface area (Å²) < 4.78 is 10.7. The fourth-order valence-corrected chi connectivity index (χ4v) is 1.41. The van der Waals surface area contributed by atoms with Crippen LogP contribution in [0.4, 0.5) is 0 Å². The van der Waals surface area contributed by atoms with E-state index in [2.05, 4.69) is 0 Å². The Kier molecular flexibility index (Phi) is 6.62. The van der Waals surface area contributed by atoms with Gasteiger partial charge in [-0.3, -0.25) is 0 Å². The zero-order chi connectivity index (χ0) is 12.5. The molecule has 0 fully saturated rings. The number of aliphatic hydroxyl groups is 1. The molecule has 0 saturated carbocycles. The molecule has 3 N–H and O–H groups in total.